The van der Waals surface area contributed by atoms with Crippen molar-refractivity contribution in [2.75, 3.05) is 0 Å². The molecule has 13 heavy (non-hydrogen) atoms. The van der Waals surface area contributed by atoms with E-state index < -0.39 is 24.1 Å². The van der Waals surface area contributed by atoms with Gasteiger partial charge in [-0.3, -0.25) is 0 Å². The SMILES string of the molecule is Cc1c(F)c(C)c(CO)c(F)c1F. The van der Waals surface area contributed by atoms with E-state index in [-0.39, 0.29) is 16.7 Å². The fraction of sp³-hybridized carbons (Fsp3) is 0.333. The number of hydrogen-bond donors (Lipinski definition) is 1. The van der Waals surface area contributed by atoms with Gasteiger partial charge in [0.05, 0.1) is 6.61 Å². The molecule has 1 rings (SSSR count). The summed E-state index contributed by atoms with van der Waals surface area (Å²) in [6.07, 6.45) is 0. The quantitative estimate of drug-likeness (QED) is 0.673. The van der Waals surface area contributed by atoms with Gasteiger partial charge < -0.3 is 5.11 Å². The van der Waals surface area contributed by atoms with Gasteiger partial charge in [0.15, 0.2) is 11.6 Å². The Morgan fingerprint density at radius 3 is 1.92 bits per heavy atom. The Balaban J connectivity index is 3.56. The second-order valence-corrected chi connectivity index (χ2v) is 2.83. The summed E-state index contributed by atoms with van der Waals surface area (Å²) in [5.41, 5.74) is -0.716. The molecule has 1 N–H and O–H groups in total. The highest BCUT2D eigenvalue weighted by Crippen LogP contribution is 2.23. The van der Waals surface area contributed by atoms with Crippen molar-refractivity contribution in [2.24, 2.45) is 0 Å². The molecule has 0 spiro atoms. The van der Waals surface area contributed by atoms with Crippen molar-refractivity contribution in [1.29, 1.82) is 0 Å². The number of aliphatic hydroxyl groups is 1. The van der Waals surface area contributed by atoms with E-state index in [0.29, 0.717) is 0 Å². The van der Waals surface area contributed by atoms with Crippen LogP contribution in [0.15, 0.2) is 0 Å². The molecular formula is C9H9F3O. The Morgan fingerprint density at radius 1 is 0.923 bits per heavy atom. The predicted molar refractivity (Wildman–Crippen MR) is 41.7 cm³/mol. The standard InChI is InChI=1S/C9H9F3O/c1-4-6(3-13)9(12)8(11)5(2)7(4)10/h13H,3H2,1-2H3. The Hall–Kier alpha value is -1.03. The lowest BCUT2D eigenvalue weighted by Gasteiger charge is -2.09. The molecule has 0 saturated carbocycles. The summed E-state index contributed by atoms with van der Waals surface area (Å²) in [5.74, 6) is -3.20. The third-order valence-electron chi connectivity index (χ3n) is 2.06. The van der Waals surface area contributed by atoms with Crippen molar-refractivity contribution in [1.82, 2.24) is 0 Å². The molecule has 0 atom stereocenters. The molecule has 0 saturated heterocycles. The van der Waals surface area contributed by atoms with E-state index in [9.17, 15) is 13.2 Å². The number of hydrogen-bond acceptors (Lipinski definition) is 1. The minimum Gasteiger partial charge on any atom is -0.392 e. The van der Waals surface area contributed by atoms with Gasteiger partial charge in [0.2, 0.25) is 0 Å². The minimum atomic E-state index is -1.23. The van der Waals surface area contributed by atoms with Crippen LogP contribution >= 0.6 is 0 Å². The normalized spacial score (nSPS) is 10.6. The molecule has 72 valence electrons. The molecule has 0 radical (unpaired) electrons. The van der Waals surface area contributed by atoms with Crippen LogP contribution in [0.25, 0.3) is 0 Å². The molecule has 0 aromatic heterocycles. The lowest BCUT2D eigenvalue weighted by molar-refractivity contribution is 0.271. The summed E-state index contributed by atoms with van der Waals surface area (Å²) in [6, 6.07) is 0. The van der Waals surface area contributed by atoms with Gasteiger partial charge in [-0.15, -0.1) is 0 Å². The molecule has 0 aliphatic carbocycles. The summed E-state index contributed by atoms with van der Waals surface area (Å²) in [6.45, 7) is 1.75. The highest BCUT2D eigenvalue weighted by molar-refractivity contribution is 5.34. The third kappa shape index (κ3) is 1.42. The van der Waals surface area contributed by atoms with Crippen LogP contribution in [0.3, 0.4) is 0 Å². The van der Waals surface area contributed by atoms with Crippen molar-refractivity contribution < 1.29 is 18.3 Å². The topological polar surface area (TPSA) is 20.2 Å². The van der Waals surface area contributed by atoms with Crippen molar-refractivity contribution in [3.8, 4) is 0 Å². The van der Waals surface area contributed by atoms with E-state index in [1.54, 1.807) is 0 Å². The first-order valence-corrected chi connectivity index (χ1v) is 3.74. The molecule has 0 aliphatic rings. The van der Waals surface area contributed by atoms with Crippen LogP contribution in [0.4, 0.5) is 13.2 Å². The molecule has 0 amide bonds. The molecule has 1 nitrogen and oxygen atoms in total. The summed E-state index contributed by atoms with van der Waals surface area (Å²) in [4.78, 5) is 0. The Labute approximate surface area is 73.8 Å². The first-order valence-electron chi connectivity index (χ1n) is 3.74. The zero-order valence-electron chi connectivity index (χ0n) is 7.29. The molecule has 4 heteroatoms. The van der Waals surface area contributed by atoms with E-state index >= 15 is 0 Å². The first-order chi connectivity index (χ1) is 6.00. The Morgan fingerprint density at radius 2 is 1.46 bits per heavy atom. The van der Waals surface area contributed by atoms with Crippen LogP contribution < -0.4 is 0 Å². The van der Waals surface area contributed by atoms with Gasteiger partial charge in [0, 0.05) is 11.1 Å². The van der Waals surface area contributed by atoms with Crippen molar-refractivity contribution in [2.45, 2.75) is 20.5 Å². The van der Waals surface area contributed by atoms with E-state index in [4.69, 9.17) is 5.11 Å². The highest BCUT2D eigenvalue weighted by atomic mass is 19.2. The van der Waals surface area contributed by atoms with Crippen LogP contribution in [0.1, 0.15) is 16.7 Å². The summed E-state index contributed by atoms with van der Waals surface area (Å²) < 4.78 is 39.0. The smallest absolute Gasteiger partial charge is 0.165 e. The van der Waals surface area contributed by atoms with Gasteiger partial charge in [-0.25, -0.2) is 13.2 Å². The van der Waals surface area contributed by atoms with Crippen molar-refractivity contribution in [3.63, 3.8) is 0 Å². The fourth-order valence-corrected chi connectivity index (χ4v) is 1.16. The Bertz CT molecular complexity index is 318. The summed E-state index contributed by atoms with van der Waals surface area (Å²) in [5, 5.41) is 8.67. The first kappa shape index (κ1) is 10.1. The molecular weight excluding hydrogens is 181 g/mol. The van der Waals surface area contributed by atoms with Crippen LogP contribution in [-0.2, 0) is 6.61 Å². The number of rotatable bonds is 1. The second-order valence-electron chi connectivity index (χ2n) is 2.83. The van der Waals surface area contributed by atoms with Crippen LogP contribution in [0.2, 0.25) is 0 Å². The number of benzene rings is 1. The Kier molecular flexibility index (Phi) is 2.61. The second kappa shape index (κ2) is 3.38. The fourth-order valence-electron chi connectivity index (χ4n) is 1.16. The van der Waals surface area contributed by atoms with Gasteiger partial charge >= 0.3 is 0 Å². The molecule has 0 bridgehead atoms. The largest absolute Gasteiger partial charge is 0.392 e. The van der Waals surface area contributed by atoms with Crippen LogP contribution in [0, 0.1) is 31.3 Å². The highest BCUT2D eigenvalue weighted by Gasteiger charge is 2.18. The average Bonchev–Trinajstić information content (AvgIpc) is 2.13. The van der Waals surface area contributed by atoms with E-state index in [2.05, 4.69) is 0 Å². The molecule has 0 aliphatic heterocycles. The predicted octanol–water partition coefficient (Wildman–Crippen LogP) is 2.21. The zero-order valence-corrected chi connectivity index (χ0v) is 7.29. The number of halogens is 3. The van der Waals surface area contributed by atoms with Crippen molar-refractivity contribution >= 4 is 0 Å². The van der Waals surface area contributed by atoms with Crippen LogP contribution in [0.5, 0.6) is 0 Å². The average molecular weight is 190 g/mol. The molecule has 0 unspecified atom stereocenters. The molecule has 0 heterocycles. The number of aliphatic hydroxyl groups excluding tert-OH is 1. The lowest BCUT2D eigenvalue weighted by Crippen LogP contribution is -2.04. The van der Waals surface area contributed by atoms with Gasteiger partial charge in [0.1, 0.15) is 5.82 Å². The zero-order chi connectivity index (χ0) is 10.2. The maximum Gasteiger partial charge on any atom is 0.165 e. The van der Waals surface area contributed by atoms with Crippen LogP contribution in [-0.4, -0.2) is 5.11 Å². The van der Waals surface area contributed by atoms with E-state index in [0.717, 1.165) is 6.92 Å². The molecule has 0 fully saturated rings. The van der Waals surface area contributed by atoms with E-state index in [1.165, 1.54) is 6.92 Å². The third-order valence-corrected chi connectivity index (χ3v) is 2.06. The summed E-state index contributed by atoms with van der Waals surface area (Å²) >= 11 is 0. The van der Waals surface area contributed by atoms with Gasteiger partial charge in [-0.1, -0.05) is 0 Å². The van der Waals surface area contributed by atoms with E-state index in [1.807, 2.05) is 0 Å². The maximum absolute atomic E-state index is 13.1. The van der Waals surface area contributed by atoms with Gasteiger partial charge in [-0.05, 0) is 19.4 Å². The van der Waals surface area contributed by atoms with Crippen molar-refractivity contribution in [3.05, 3.63) is 34.1 Å². The molecule has 1 aromatic carbocycles. The van der Waals surface area contributed by atoms with Gasteiger partial charge in [-0.2, -0.15) is 0 Å². The lowest BCUT2D eigenvalue weighted by atomic mass is 10.0. The molecule has 1 aromatic rings. The summed E-state index contributed by atoms with van der Waals surface area (Å²) in [7, 11) is 0. The monoisotopic (exact) mass is 190 g/mol. The maximum atomic E-state index is 13.1. The minimum absolute atomic E-state index is 0.0427. The van der Waals surface area contributed by atoms with Gasteiger partial charge in [0.25, 0.3) is 0 Å².